The van der Waals surface area contributed by atoms with Crippen LogP contribution < -0.4 is 5.32 Å². The molecule has 0 aliphatic heterocycles. The molecule has 1 N–H and O–H groups in total. The molecular weight excluding hydrogens is 192 g/mol. The molecule has 0 saturated heterocycles. The minimum atomic E-state index is -0.653. The van der Waals surface area contributed by atoms with Crippen LogP contribution in [0.5, 0.6) is 0 Å². The molecule has 0 fully saturated rings. The molecule has 15 heavy (non-hydrogen) atoms. The maximum absolute atomic E-state index is 11.5. The van der Waals surface area contributed by atoms with Crippen LogP contribution in [0.2, 0.25) is 0 Å². The Morgan fingerprint density at radius 3 is 2.73 bits per heavy atom. The first-order valence-electron chi connectivity index (χ1n) is 4.52. The molecule has 0 heterocycles. The summed E-state index contributed by atoms with van der Waals surface area (Å²) in [4.78, 5) is 11.5. The predicted octanol–water partition coefficient (Wildman–Crippen LogP) is 1.01. The second-order valence-corrected chi connectivity index (χ2v) is 2.90. The number of carbonyl (C=O) groups excluding carboxylic acids is 1. The van der Waals surface area contributed by atoms with E-state index in [2.05, 4.69) is 5.32 Å². The van der Waals surface area contributed by atoms with Crippen molar-refractivity contribution in [1.82, 2.24) is 5.32 Å². The largest absolute Gasteiger partial charge is 0.367 e. The van der Waals surface area contributed by atoms with Crippen molar-refractivity contribution in [3.8, 4) is 6.07 Å². The third-order valence-electron chi connectivity index (χ3n) is 1.92. The van der Waals surface area contributed by atoms with Gasteiger partial charge in [0.25, 0.3) is 5.91 Å². The SMILES string of the molecule is CO[C@@H](C(=O)NCC#N)c1ccccc1. The Kier molecular flexibility index (Phi) is 4.32. The Bertz CT molecular complexity index is 357. The molecule has 1 atom stereocenters. The zero-order valence-corrected chi connectivity index (χ0v) is 8.43. The standard InChI is InChI=1S/C11H12N2O2/c1-15-10(11(14)13-8-7-12)9-5-3-2-4-6-9/h2-6,10H,8H2,1H3,(H,13,14)/t10-/m1/s1. The fourth-order valence-corrected chi connectivity index (χ4v) is 1.24. The van der Waals surface area contributed by atoms with Gasteiger partial charge in [0, 0.05) is 7.11 Å². The lowest BCUT2D eigenvalue weighted by molar-refractivity contribution is -0.131. The van der Waals surface area contributed by atoms with E-state index in [0.29, 0.717) is 0 Å². The van der Waals surface area contributed by atoms with Gasteiger partial charge in [-0.15, -0.1) is 0 Å². The van der Waals surface area contributed by atoms with Gasteiger partial charge in [-0.25, -0.2) is 0 Å². The van der Waals surface area contributed by atoms with E-state index in [1.165, 1.54) is 7.11 Å². The van der Waals surface area contributed by atoms with E-state index in [0.717, 1.165) is 5.56 Å². The molecular formula is C11H12N2O2. The van der Waals surface area contributed by atoms with Crippen LogP contribution in [0, 0.1) is 11.3 Å². The van der Waals surface area contributed by atoms with Crippen molar-refractivity contribution >= 4 is 5.91 Å². The van der Waals surface area contributed by atoms with Gasteiger partial charge in [0.2, 0.25) is 0 Å². The van der Waals surface area contributed by atoms with E-state index in [4.69, 9.17) is 10.00 Å². The van der Waals surface area contributed by atoms with Gasteiger partial charge in [-0.2, -0.15) is 5.26 Å². The summed E-state index contributed by atoms with van der Waals surface area (Å²) in [6, 6.07) is 11.0. The summed E-state index contributed by atoms with van der Waals surface area (Å²) in [5.74, 6) is -0.301. The number of carbonyl (C=O) groups is 1. The number of amides is 1. The van der Waals surface area contributed by atoms with Gasteiger partial charge in [-0.3, -0.25) is 4.79 Å². The first kappa shape index (κ1) is 11.2. The number of nitrogens with one attached hydrogen (secondary N) is 1. The number of hydrogen-bond donors (Lipinski definition) is 1. The third-order valence-corrected chi connectivity index (χ3v) is 1.92. The summed E-state index contributed by atoms with van der Waals surface area (Å²) in [6.45, 7) is -0.00841. The van der Waals surface area contributed by atoms with Crippen molar-refractivity contribution in [3.63, 3.8) is 0 Å². The average Bonchev–Trinajstić information content (AvgIpc) is 2.29. The summed E-state index contributed by atoms with van der Waals surface area (Å²) in [7, 11) is 1.46. The second-order valence-electron chi connectivity index (χ2n) is 2.90. The summed E-state index contributed by atoms with van der Waals surface area (Å²) in [6.07, 6.45) is -0.653. The highest BCUT2D eigenvalue weighted by Crippen LogP contribution is 2.15. The number of benzene rings is 1. The zero-order valence-electron chi connectivity index (χ0n) is 8.43. The lowest BCUT2D eigenvalue weighted by Crippen LogP contribution is -2.30. The van der Waals surface area contributed by atoms with Crippen molar-refractivity contribution in [1.29, 1.82) is 5.26 Å². The normalized spacial score (nSPS) is 11.5. The van der Waals surface area contributed by atoms with Crippen LogP contribution in [0.25, 0.3) is 0 Å². The Morgan fingerprint density at radius 1 is 1.53 bits per heavy atom. The molecule has 1 aromatic carbocycles. The number of nitriles is 1. The zero-order chi connectivity index (χ0) is 11.1. The van der Waals surface area contributed by atoms with Crippen LogP contribution in [0.15, 0.2) is 30.3 Å². The van der Waals surface area contributed by atoms with Gasteiger partial charge < -0.3 is 10.1 Å². The first-order valence-corrected chi connectivity index (χ1v) is 4.52. The molecule has 0 spiro atoms. The van der Waals surface area contributed by atoms with E-state index in [-0.39, 0.29) is 12.5 Å². The molecule has 0 aliphatic rings. The summed E-state index contributed by atoms with van der Waals surface area (Å²) in [5, 5.41) is 10.8. The molecule has 78 valence electrons. The minimum Gasteiger partial charge on any atom is -0.367 e. The summed E-state index contributed by atoms with van der Waals surface area (Å²) in [5.41, 5.74) is 0.774. The third kappa shape index (κ3) is 3.08. The van der Waals surface area contributed by atoms with Crippen LogP contribution in [0.1, 0.15) is 11.7 Å². The van der Waals surface area contributed by atoms with Crippen LogP contribution in [0.3, 0.4) is 0 Å². The Labute approximate surface area is 88.5 Å². The van der Waals surface area contributed by atoms with Gasteiger partial charge in [-0.1, -0.05) is 30.3 Å². The Morgan fingerprint density at radius 2 is 2.20 bits per heavy atom. The van der Waals surface area contributed by atoms with Crippen LogP contribution in [0.4, 0.5) is 0 Å². The molecule has 0 bridgehead atoms. The molecule has 4 nitrogen and oxygen atoms in total. The van der Waals surface area contributed by atoms with Gasteiger partial charge in [0.05, 0.1) is 6.07 Å². The molecule has 0 aliphatic carbocycles. The molecule has 0 aromatic heterocycles. The fraction of sp³-hybridized carbons (Fsp3) is 0.273. The number of rotatable bonds is 4. The lowest BCUT2D eigenvalue weighted by Gasteiger charge is -2.14. The monoisotopic (exact) mass is 204 g/mol. The van der Waals surface area contributed by atoms with E-state index >= 15 is 0 Å². The quantitative estimate of drug-likeness (QED) is 0.744. The van der Waals surface area contributed by atoms with Gasteiger partial charge in [-0.05, 0) is 5.56 Å². The van der Waals surface area contributed by atoms with Gasteiger partial charge in [0.1, 0.15) is 6.54 Å². The molecule has 0 radical (unpaired) electrons. The first-order chi connectivity index (χ1) is 7.29. The minimum absolute atomic E-state index is 0.00841. The van der Waals surface area contributed by atoms with E-state index < -0.39 is 6.10 Å². The molecule has 0 unspecified atom stereocenters. The van der Waals surface area contributed by atoms with E-state index in [1.54, 1.807) is 12.1 Å². The molecule has 1 rings (SSSR count). The molecule has 4 heteroatoms. The number of methoxy groups -OCH3 is 1. The van der Waals surface area contributed by atoms with E-state index in [1.807, 2.05) is 24.3 Å². The highest BCUT2D eigenvalue weighted by molar-refractivity contribution is 5.82. The second kappa shape index (κ2) is 5.78. The highest BCUT2D eigenvalue weighted by Gasteiger charge is 2.18. The van der Waals surface area contributed by atoms with Crippen molar-refractivity contribution in [2.24, 2.45) is 0 Å². The lowest BCUT2D eigenvalue weighted by atomic mass is 10.1. The van der Waals surface area contributed by atoms with Crippen molar-refractivity contribution < 1.29 is 9.53 Å². The van der Waals surface area contributed by atoms with Crippen molar-refractivity contribution in [2.45, 2.75) is 6.10 Å². The molecule has 0 saturated carbocycles. The van der Waals surface area contributed by atoms with Crippen LogP contribution in [-0.2, 0) is 9.53 Å². The Balaban J connectivity index is 2.72. The molecule has 1 aromatic rings. The van der Waals surface area contributed by atoms with E-state index in [9.17, 15) is 4.79 Å². The maximum Gasteiger partial charge on any atom is 0.254 e. The van der Waals surface area contributed by atoms with Gasteiger partial charge in [0.15, 0.2) is 6.10 Å². The Hall–Kier alpha value is -1.86. The summed E-state index contributed by atoms with van der Waals surface area (Å²) < 4.78 is 5.07. The number of ether oxygens (including phenoxy) is 1. The number of hydrogen-bond acceptors (Lipinski definition) is 3. The molecule has 1 amide bonds. The summed E-state index contributed by atoms with van der Waals surface area (Å²) >= 11 is 0. The fourth-order valence-electron chi connectivity index (χ4n) is 1.24. The smallest absolute Gasteiger partial charge is 0.254 e. The maximum atomic E-state index is 11.5. The average molecular weight is 204 g/mol. The van der Waals surface area contributed by atoms with Gasteiger partial charge >= 0.3 is 0 Å². The van der Waals surface area contributed by atoms with Crippen LogP contribution in [-0.4, -0.2) is 19.6 Å². The number of nitrogens with zero attached hydrogens (tertiary/aromatic N) is 1. The topological polar surface area (TPSA) is 62.1 Å². The van der Waals surface area contributed by atoms with Crippen molar-refractivity contribution in [3.05, 3.63) is 35.9 Å². The van der Waals surface area contributed by atoms with Crippen molar-refractivity contribution in [2.75, 3.05) is 13.7 Å². The highest BCUT2D eigenvalue weighted by atomic mass is 16.5. The predicted molar refractivity (Wildman–Crippen MR) is 54.8 cm³/mol. The van der Waals surface area contributed by atoms with Crippen LogP contribution >= 0.6 is 0 Å².